The number of hydrogen-bond acceptors (Lipinski definition) is 9. The largest absolute Gasteiger partial charge is 0.458 e. The summed E-state index contributed by atoms with van der Waals surface area (Å²) in [5, 5.41) is 7.86. The minimum absolute atomic E-state index is 0.0353. The summed E-state index contributed by atoms with van der Waals surface area (Å²) in [6, 6.07) is 2.22. The molecule has 17 heteroatoms. The van der Waals surface area contributed by atoms with E-state index in [1.54, 1.807) is 12.1 Å². The Balaban J connectivity index is 1.50. The van der Waals surface area contributed by atoms with Gasteiger partial charge in [0.15, 0.2) is 0 Å². The lowest BCUT2D eigenvalue weighted by atomic mass is 10.0. The molecule has 308 valence electrons. The molecule has 3 aliphatic heterocycles. The molecule has 6 amide bonds. The predicted molar refractivity (Wildman–Crippen MR) is 202 cm³/mol. The molecular formula is C40H51F2N7O8. The zero-order valence-electron chi connectivity index (χ0n) is 32.8. The van der Waals surface area contributed by atoms with Crippen molar-refractivity contribution in [1.29, 1.82) is 0 Å². The number of rotatable bonds is 8. The molecule has 2 aromatic rings. The van der Waals surface area contributed by atoms with Crippen LogP contribution in [-0.2, 0) is 51.1 Å². The number of carbonyl (C=O) groups is 7. The van der Waals surface area contributed by atoms with Crippen molar-refractivity contribution in [2.75, 3.05) is 26.7 Å². The lowest BCUT2D eigenvalue weighted by Gasteiger charge is -2.36. The number of ether oxygens (including phenoxy) is 1. The smallest absolute Gasteiger partial charge is 0.329 e. The van der Waals surface area contributed by atoms with Crippen LogP contribution in [0.5, 0.6) is 0 Å². The molecule has 5 N–H and O–H groups in total. The summed E-state index contributed by atoms with van der Waals surface area (Å²) in [6.45, 7) is 6.52. The molecule has 0 saturated carbocycles. The van der Waals surface area contributed by atoms with Crippen molar-refractivity contribution in [2.45, 2.75) is 102 Å². The maximum Gasteiger partial charge on any atom is 0.329 e. The van der Waals surface area contributed by atoms with E-state index in [9.17, 15) is 42.3 Å². The second-order valence-corrected chi connectivity index (χ2v) is 15.4. The molecule has 15 nitrogen and oxygen atoms in total. The summed E-state index contributed by atoms with van der Waals surface area (Å²) >= 11 is 0. The topological polar surface area (TPSA) is 201 Å². The fourth-order valence-electron chi connectivity index (χ4n) is 7.70. The minimum atomic E-state index is -1.63. The number of cyclic esters (lactones) is 1. The molecule has 3 heterocycles. The van der Waals surface area contributed by atoms with Crippen molar-refractivity contribution >= 4 is 41.4 Å². The highest BCUT2D eigenvalue weighted by Crippen LogP contribution is 2.27. The van der Waals surface area contributed by atoms with Gasteiger partial charge in [0.1, 0.15) is 54.0 Å². The highest BCUT2D eigenvalue weighted by molar-refractivity contribution is 5.98. The Hall–Kier alpha value is -5.45. The zero-order valence-corrected chi connectivity index (χ0v) is 32.8. The first kappa shape index (κ1) is 42.7. The van der Waals surface area contributed by atoms with Gasteiger partial charge in [0.2, 0.25) is 35.4 Å². The number of amides is 6. The third kappa shape index (κ3) is 10.1. The van der Waals surface area contributed by atoms with E-state index < -0.39 is 95.4 Å². The molecule has 3 fully saturated rings. The standard InChI is InChI=1S/C40H51F2N7O8/c1-21-8-10-25(11-9-21)17-33(50)45-29(16-26-14-27(41)18-28(42)15-26)35(51)46-34-24(4)57-40(56)31-13-22(2)20-49(31)37(53)23(3)44-36(52)32(19-43)47(5)38(54)30-7-6-12-48(30)39(34)55/h8-11,14-15,18,22-24,29-32,34H,6-7,12-13,16-17,19-20,43H2,1-5H3,(H,44,52)(H,45,50)(H,46,51)/t22-,23-,24-,29-,30-,31-,32-,34-/m0/s1. The highest BCUT2D eigenvalue weighted by atomic mass is 19.1. The van der Waals surface area contributed by atoms with Crippen molar-refractivity contribution in [2.24, 2.45) is 11.7 Å². The third-order valence-corrected chi connectivity index (χ3v) is 10.8. The fraction of sp³-hybridized carbons (Fsp3) is 0.525. The lowest BCUT2D eigenvalue weighted by molar-refractivity contribution is -0.162. The average Bonchev–Trinajstić information content (AvgIpc) is 3.80. The van der Waals surface area contributed by atoms with Gasteiger partial charge in [-0.3, -0.25) is 28.8 Å². The van der Waals surface area contributed by atoms with Gasteiger partial charge in [0, 0.05) is 39.2 Å². The first-order chi connectivity index (χ1) is 27.0. The molecule has 0 aliphatic carbocycles. The number of nitrogens with one attached hydrogen (secondary N) is 3. The zero-order chi connectivity index (χ0) is 41.7. The van der Waals surface area contributed by atoms with Crippen LogP contribution in [0.3, 0.4) is 0 Å². The van der Waals surface area contributed by atoms with Crippen LogP contribution in [0.2, 0.25) is 0 Å². The summed E-state index contributed by atoms with van der Waals surface area (Å²) < 4.78 is 34.4. The molecule has 3 saturated heterocycles. The summed E-state index contributed by atoms with van der Waals surface area (Å²) in [4.78, 5) is 101. The van der Waals surface area contributed by atoms with Crippen LogP contribution in [0.4, 0.5) is 8.78 Å². The molecule has 2 aromatic carbocycles. The second kappa shape index (κ2) is 18.2. The molecule has 3 aliphatic rings. The second-order valence-electron chi connectivity index (χ2n) is 15.4. The van der Waals surface area contributed by atoms with E-state index in [4.69, 9.17) is 10.5 Å². The van der Waals surface area contributed by atoms with Crippen LogP contribution in [0.25, 0.3) is 0 Å². The molecular weight excluding hydrogens is 744 g/mol. The van der Waals surface area contributed by atoms with Crippen LogP contribution in [0, 0.1) is 24.5 Å². The van der Waals surface area contributed by atoms with Crippen LogP contribution >= 0.6 is 0 Å². The number of nitrogens with two attached hydrogens (primary N) is 1. The lowest BCUT2D eigenvalue weighted by Crippen LogP contribution is -2.63. The number of aryl methyl sites for hydroxylation is 1. The van der Waals surface area contributed by atoms with E-state index in [0.717, 1.165) is 22.6 Å². The van der Waals surface area contributed by atoms with Gasteiger partial charge in [0.25, 0.3) is 0 Å². The molecule has 5 rings (SSSR count). The molecule has 57 heavy (non-hydrogen) atoms. The van der Waals surface area contributed by atoms with E-state index >= 15 is 0 Å². The number of esters is 1. The van der Waals surface area contributed by atoms with Crippen LogP contribution < -0.4 is 21.7 Å². The third-order valence-electron chi connectivity index (χ3n) is 10.8. The van der Waals surface area contributed by atoms with E-state index in [1.165, 1.54) is 30.7 Å². The monoisotopic (exact) mass is 795 g/mol. The first-order valence-corrected chi connectivity index (χ1v) is 19.2. The Bertz CT molecular complexity index is 1860. The number of fused-ring (bicyclic) bond motifs is 2. The molecule has 8 atom stereocenters. The molecule has 0 bridgehead atoms. The minimum Gasteiger partial charge on any atom is -0.458 e. The summed E-state index contributed by atoms with van der Waals surface area (Å²) in [6.07, 6.45) is -1.10. The van der Waals surface area contributed by atoms with Gasteiger partial charge in [-0.05, 0) is 69.2 Å². The molecule has 0 spiro atoms. The van der Waals surface area contributed by atoms with Crippen LogP contribution in [-0.4, -0.2) is 125 Å². The maximum absolute atomic E-state index is 14.6. The Morgan fingerprint density at radius 3 is 2.25 bits per heavy atom. The Morgan fingerprint density at radius 2 is 1.60 bits per heavy atom. The van der Waals surface area contributed by atoms with Crippen molar-refractivity contribution in [3.05, 3.63) is 70.8 Å². The van der Waals surface area contributed by atoms with Crippen LogP contribution in [0.1, 0.15) is 56.7 Å². The Labute approximate surface area is 330 Å². The van der Waals surface area contributed by atoms with Crippen molar-refractivity contribution in [3.63, 3.8) is 0 Å². The van der Waals surface area contributed by atoms with Gasteiger partial charge in [-0.1, -0.05) is 36.8 Å². The molecule has 0 aromatic heterocycles. The normalized spacial score (nSPS) is 26.7. The van der Waals surface area contributed by atoms with Crippen LogP contribution in [0.15, 0.2) is 42.5 Å². The number of likely N-dealkylation sites (N-methyl/N-ethyl adjacent to an activating group) is 1. The molecule has 0 radical (unpaired) electrons. The van der Waals surface area contributed by atoms with E-state index in [1.807, 2.05) is 26.0 Å². The quantitative estimate of drug-likeness (QED) is 0.275. The number of halogens is 2. The van der Waals surface area contributed by atoms with Crippen molar-refractivity contribution in [3.8, 4) is 0 Å². The number of hydrogen-bond donors (Lipinski definition) is 4. The average molecular weight is 796 g/mol. The summed E-state index contributed by atoms with van der Waals surface area (Å²) in [7, 11) is 1.37. The SMILES string of the molecule is Cc1ccc(CC(=O)N[C@@H](Cc2cc(F)cc(F)c2)C(=O)N[C@@H]2C(=O)N3CCC[C@H]3C(=O)N(C)[C@@H](CN)C(=O)N[C@@H](C)C(=O)N3C[C@@H](C)C[C@H]3C(=O)O[C@H]2C)cc1. The maximum atomic E-state index is 14.6. The number of benzene rings is 2. The highest BCUT2D eigenvalue weighted by Gasteiger charge is 2.46. The van der Waals surface area contributed by atoms with Crippen molar-refractivity contribution < 1.29 is 47.1 Å². The summed E-state index contributed by atoms with van der Waals surface area (Å²) in [5.41, 5.74) is 7.60. The van der Waals surface area contributed by atoms with Gasteiger partial charge in [-0.2, -0.15) is 0 Å². The van der Waals surface area contributed by atoms with E-state index in [-0.39, 0.29) is 56.8 Å². The van der Waals surface area contributed by atoms with Gasteiger partial charge in [-0.25, -0.2) is 13.6 Å². The Kier molecular flexibility index (Phi) is 13.6. The fourth-order valence-corrected chi connectivity index (χ4v) is 7.70. The molecule has 0 unspecified atom stereocenters. The summed E-state index contributed by atoms with van der Waals surface area (Å²) in [5.74, 6) is -7.02. The number of carbonyl (C=O) groups excluding carboxylic acids is 7. The van der Waals surface area contributed by atoms with Gasteiger partial charge in [0.05, 0.1) is 6.42 Å². The van der Waals surface area contributed by atoms with Gasteiger partial charge >= 0.3 is 5.97 Å². The first-order valence-electron chi connectivity index (χ1n) is 19.2. The number of nitrogens with zero attached hydrogens (tertiary/aromatic N) is 3. The van der Waals surface area contributed by atoms with E-state index in [0.29, 0.717) is 18.1 Å². The van der Waals surface area contributed by atoms with Gasteiger partial charge in [-0.15, -0.1) is 0 Å². The van der Waals surface area contributed by atoms with Gasteiger partial charge < -0.3 is 41.1 Å². The Morgan fingerprint density at radius 1 is 0.930 bits per heavy atom. The predicted octanol–water partition coefficient (Wildman–Crippen LogP) is 0.492. The van der Waals surface area contributed by atoms with E-state index in [2.05, 4.69) is 16.0 Å². The van der Waals surface area contributed by atoms with Crippen molar-refractivity contribution in [1.82, 2.24) is 30.7 Å².